The van der Waals surface area contributed by atoms with Gasteiger partial charge in [0.1, 0.15) is 0 Å². The number of rotatable bonds is 22. The Balaban J connectivity index is 4.86. The van der Waals surface area contributed by atoms with Crippen LogP contribution in [0.4, 0.5) is 0 Å². The molecule has 0 amide bonds. The first-order chi connectivity index (χ1) is 14.8. The Morgan fingerprint density at radius 3 is 1.13 bits per heavy atom. The summed E-state index contributed by atoms with van der Waals surface area (Å²) in [5.41, 5.74) is 0.0228. The Hall–Kier alpha value is -0.0400. The summed E-state index contributed by atoms with van der Waals surface area (Å²) in [7, 11) is 0. The van der Waals surface area contributed by atoms with Crippen LogP contribution in [0.2, 0.25) is 0 Å². The van der Waals surface area contributed by atoms with E-state index in [2.05, 4.69) is 55.4 Å². The first kappa shape index (κ1) is 31.0. The third kappa shape index (κ3) is 13.3. The molecule has 0 aromatic rings. The van der Waals surface area contributed by atoms with E-state index in [9.17, 15) is 0 Å². The average Bonchev–Trinajstić information content (AvgIpc) is 2.73. The summed E-state index contributed by atoms with van der Waals surface area (Å²) in [4.78, 5) is 0. The Bertz CT molecular complexity index is 356. The van der Waals surface area contributed by atoms with E-state index in [1.807, 2.05) is 0 Å². The molecule has 1 nitrogen and oxygen atoms in total. The van der Waals surface area contributed by atoms with Crippen LogP contribution < -0.4 is 0 Å². The van der Waals surface area contributed by atoms with Gasteiger partial charge in [-0.3, -0.25) is 0 Å². The maximum absolute atomic E-state index is 7.22. The quantitative estimate of drug-likeness (QED) is 0.153. The molecule has 0 N–H and O–H groups in total. The summed E-state index contributed by atoms with van der Waals surface area (Å²) >= 11 is 0. The zero-order valence-electron chi connectivity index (χ0n) is 23.3. The molecular formula is C30H62O. The van der Waals surface area contributed by atoms with Gasteiger partial charge in [-0.15, -0.1) is 0 Å². The molecule has 0 spiro atoms. The summed E-state index contributed by atoms with van der Waals surface area (Å²) in [6.45, 7) is 19.1. The van der Waals surface area contributed by atoms with Crippen molar-refractivity contribution in [3.8, 4) is 0 Å². The van der Waals surface area contributed by atoms with Crippen LogP contribution in [0.5, 0.6) is 0 Å². The lowest BCUT2D eigenvalue weighted by Gasteiger charge is -2.47. The molecule has 0 rings (SSSR count). The van der Waals surface area contributed by atoms with Gasteiger partial charge in [0.15, 0.2) is 0 Å². The topological polar surface area (TPSA) is 9.23 Å². The van der Waals surface area contributed by atoms with Crippen LogP contribution in [-0.2, 0) is 4.74 Å². The Kier molecular flexibility index (Phi) is 18.4. The molecule has 1 heteroatoms. The Morgan fingerprint density at radius 2 is 0.806 bits per heavy atom. The van der Waals surface area contributed by atoms with Crippen molar-refractivity contribution in [3.63, 3.8) is 0 Å². The molecule has 0 saturated carbocycles. The molecular weight excluding hydrogens is 376 g/mol. The van der Waals surface area contributed by atoms with Gasteiger partial charge in [-0.1, -0.05) is 131 Å². The third-order valence-corrected chi connectivity index (χ3v) is 8.03. The molecule has 0 fully saturated rings. The largest absolute Gasteiger partial charge is 0.369 e. The highest BCUT2D eigenvalue weighted by atomic mass is 16.5. The van der Waals surface area contributed by atoms with E-state index in [1.54, 1.807) is 0 Å². The molecule has 0 aliphatic carbocycles. The van der Waals surface area contributed by atoms with Gasteiger partial charge >= 0.3 is 0 Å². The van der Waals surface area contributed by atoms with Crippen molar-refractivity contribution in [2.24, 2.45) is 11.8 Å². The van der Waals surface area contributed by atoms with Crippen LogP contribution in [0.25, 0.3) is 0 Å². The molecule has 0 radical (unpaired) electrons. The lowest BCUT2D eigenvalue weighted by Crippen LogP contribution is -2.48. The highest BCUT2D eigenvalue weighted by Crippen LogP contribution is 2.41. The maximum Gasteiger partial charge on any atom is 0.0687 e. The second-order valence-electron chi connectivity index (χ2n) is 11.1. The second kappa shape index (κ2) is 18.4. The third-order valence-electron chi connectivity index (χ3n) is 8.03. The second-order valence-corrected chi connectivity index (χ2v) is 11.1. The lowest BCUT2D eigenvalue weighted by molar-refractivity contribution is -0.193. The average molecular weight is 439 g/mol. The van der Waals surface area contributed by atoms with E-state index in [0.717, 1.165) is 0 Å². The van der Waals surface area contributed by atoms with Gasteiger partial charge in [-0.25, -0.2) is 0 Å². The van der Waals surface area contributed by atoms with Crippen molar-refractivity contribution < 1.29 is 4.74 Å². The maximum atomic E-state index is 7.22. The lowest BCUT2D eigenvalue weighted by atomic mass is 9.78. The fourth-order valence-corrected chi connectivity index (χ4v) is 5.39. The van der Waals surface area contributed by atoms with Gasteiger partial charge < -0.3 is 4.74 Å². The van der Waals surface area contributed by atoms with Gasteiger partial charge in [0, 0.05) is 0 Å². The Labute approximate surface area is 198 Å². The molecule has 0 aromatic heterocycles. The van der Waals surface area contributed by atoms with Crippen LogP contribution >= 0.6 is 0 Å². The van der Waals surface area contributed by atoms with Crippen molar-refractivity contribution >= 4 is 0 Å². The first-order valence-electron chi connectivity index (χ1n) is 14.5. The molecule has 188 valence electrons. The standard InChI is InChI=1S/C30H62O/c1-9-13-15-17-19-21-23-27(5)29(7,25-11-3)31-30(8,26-12-4)28(6)24-22-20-18-16-14-10-2/h27-28H,9-26H2,1-8H3. The van der Waals surface area contributed by atoms with Gasteiger partial charge in [-0.2, -0.15) is 0 Å². The fourth-order valence-electron chi connectivity index (χ4n) is 5.39. The van der Waals surface area contributed by atoms with Crippen molar-refractivity contribution in [1.29, 1.82) is 0 Å². The molecule has 4 unspecified atom stereocenters. The predicted molar refractivity (Wildman–Crippen MR) is 142 cm³/mol. The molecule has 0 heterocycles. The normalized spacial score (nSPS) is 17.8. The minimum atomic E-state index is 0.0114. The van der Waals surface area contributed by atoms with Crippen molar-refractivity contribution in [2.75, 3.05) is 0 Å². The first-order valence-corrected chi connectivity index (χ1v) is 14.5. The monoisotopic (exact) mass is 438 g/mol. The molecule has 0 saturated heterocycles. The van der Waals surface area contributed by atoms with Crippen molar-refractivity contribution in [1.82, 2.24) is 0 Å². The van der Waals surface area contributed by atoms with Crippen molar-refractivity contribution in [3.05, 3.63) is 0 Å². The zero-order valence-corrected chi connectivity index (χ0v) is 23.3. The van der Waals surface area contributed by atoms with E-state index in [4.69, 9.17) is 4.74 Å². The molecule has 0 aliphatic rings. The van der Waals surface area contributed by atoms with Crippen LogP contribution in [0, 0.1) is 11.8 Å². The molecule has 0 aliphatic heterocycles. The molecule has 4 atom stereocenters. The highest BCUT2D eigenvalue weighted by Gasteiger charge is 2.41. The van der Waals surface area contributed by atoms with E-state index in [1.165, 1.54) is 116 Å². The molecule has 31 heavy (non-hydrogen) atoms. The van der Waals surface area contributed by atoms with Gasteiger partial charge in [-0.05, 0) is 51.4 Å². The minimum absolute atomic E-state index is 0.0114. The molecule has 0 aromatic carbocycles. The predicted octanol–water partition coefficient (Wildman–Crippen LogP) is 10.9. The summed E-state index contributed by atoms with van der Waals surface area (Å²) in [5.74, 6) is 1.27. The van der Waals surface area contributed by atoms with E-state index in [0.29, 0.717) is 11.8 Å². The minimum Gasteiger partial charge on any atom is -0.369 e. The van der Waals surface area contributed by atoms with Crippen LogP contribution in [0.1, 0.15) is 171 Å². The SMILES string of the molecule is CCCCCCCCC(C)C(C)(CCC)OC(C)(CCC)C(C)CCCCCCCC. The fraction of sp³-hybridized carbons (Fsp3) is 1.00. The summed E-state index contributed by atoms with van der Waals surface area (Å²) in [5, 5.41) is 0. The smallest absolute Gasteiger partial charge is 0.0687 e. The number of hydrogen-bond acceptors (Lipinski definition) is 1. The van der Waals surface area contributed by atoms with Crippen molar-refractivity contribution in [2.45, 2.75) is 182 Å². The van der Waals surface area contributed by atoms with Gasteiger partial charge in [0.25, 0.3) is 0 Å². The summed E-state index contributed by atoms with van der Waals surface area (Å²) in [6.07, 6.45) is 24.1. The number of unbranched alkanes of at least 4 members (excludes halogenated alkanes) is 10. The molecule has 0 bridgehead atoms. The zero-order chi connectivity index (χ0) is 23.6. The number of hydrogen-bond donors (Lipinski definition) is 0. The van der Waals surface area contributed by atoms with Gasteiger partial charge in [0.05, 0.1) is 11.2 Å². The van der Waals surface area contributed by atoms with Gasteiger partial charge in [0.2, 0.25) is 0 Å². The number of ether oxygens (including phenoxy) is 1. The summed E-state index contributed by atoms with van der Waals surface area (Å²) in [6, 6.07) is 0. The van der Waals surface area contributed by atoms with Crippen LogP contribution in [0.3, 0.4) is 0 Å². The van der Waals surface area contributed by atoms with Crippen LogP contribution in [-0.4, -0.2) is 11.2 Å². The highest BCUT2D eigenvalue weighted by molar-refractivity contribution is 4.90. The van der Waals surface area contributed by atoms with E-state index in [-0.39, 0.29) is 11.2 Å². The summed E-state index contributed by atoms with van der Waals surface area (Å²) < 4.78 is 7.22. The van der Waals surface area contributed by atoms with E-state index < -0.39 is 0 Å². The van der Waals surface area contributed by atoms with E-state index >= 15 is 0 Å². The van der Waals surface area contributed by atoms with Crippen LogP contribution in [0.15, 0.2) is 0 Å². The Morgan fingerprint density at radius 1 is 0.484 bits per heavy atom.